The number of nitrogens with one attached hydrogen (secondary N) is 2. The summed E-state index contributed by atoms with van der Waals surface area (Å²) in [6, 6.07) is 5.66. The summed E-state index contributed by atoms with van der Waals surface area (Å²) in [7, 11) is 0. The van der Waals surface area contributed by atoms with Gasteiger partial charge < -0.3 is 16.4 Å². The molecule has 1 aromatic rings. The van der Waals surface area contributed by atoms with Crippen molar-refractivity contribution in [3.8, 4) is 0 Å². The monoisotopic (exact) mass is 207 g/mol. The van der Waals surface area contributed by atoms with Crippen molar-refractivity contribution in [2.24, 2.45) is 0 Å². The lowest BCUT2D eigenvalue weighted by molar-refractivity contribution is -0.119. The molecule has 0 unspecified atom stereocenters. The van der Waals surface area contributed by atoms with Crippen LogP contribution in [0.3, 0.4) is 0 Å². The van der Waals surface area contributed by atoms with Crippen LogP contribution >= 0.6 is 0 Å². The van der Waals surface area contributed by atoms with Gasteiger partial charge >= 0.3 is 0 Å². The number of hydrogen-bond donors (Lipinski definition) is 3. The van der Waals surface area contributed by atoms with Crippen LogP contribution in [-0.2, 0) is 4.79 Å². The fraction of sp³-hybridized carbons (Fsp3) is 0.364. The minimum Gasteiger partial charge on any atom is -0.397 e. The maximum atomic E-state index is 11.2. The second-order valence-electron chi connectivity index (χ2n) is 3.35. The predicted octanol–water partition coefficient (Wildman–Crippen LogP) is 1.13. The molecule has 0 fully saturated rings. The van der Waals surface area contributed by atoms with Gasteiger partial charge in [0.1, 0.15) is 0 Å². The van der Waals surface area contributed by atoms with Crippen LogP contribution < -0.4 is 16.4 Å². The summed E-state index contributed by atoms with van der Waals surface area (Å²) in [5.41, 5.74) is 8.33. The Bertz CT molecular complexity index is 329. The third-order valence-corrected chi connectivity index (χ3v) is 2.10. The number of para-hydroxylation sites is 1. The second kappa shape index (κ2) is 5.24. The van der Waals surface area contributed by atoms with Crippen LogP contribution in [0, 0.1) is 6.92 Å². The van der Waals surface area contributed by atoms with Crippen LogP contribution in [-0.4, -0.2) is 19.0 Å². The molecule has 0 bridgehead atoms. The molecule has 0 heterocycles. The minimum absolute atomic E-state index is 0.0276. The lowest BCUT2D eigenvalue weighted by atomic mass is 10.1. The molecule has 0 saturated carbocycles. The van der Waals surface area contributed by atoms with E-state index < -0.39 is 0 Å². The van der Waals surface area contributed by atoms with E-state index in [-0.39, 0.29) is 12.5 Å². The van der Waals surface area contributed by atoms with Gasteiger partial charge in [0.2, 0.25) is 5.91 Å². The summed E-state index contributed by atoms with van der Waals surface area (Å²) in [6.45, 7) is 4.74. The van der Waals surface area contributed by atoms with E-state index in [2.05, 4.69) is 10.6 Å². The summed E-state index contributed by atoms with van der Waals surface area (Å²) in [4.78, 5) is 11.2. The van der Waals surface area contributed by atoms with Crippen molar-refractivity contribution < 1.29 is 4.79 Å². The Labute approximate surface area is 89.9 Å². The van der Waals surface area contributed by atoms with Gasteiger partial charge in [0.05, 0.1) is 17.9 Å². The first-order chi connectivity index (χ1) is 7.15. The van der Waals surface area contributed by atoms with Crippen molar-refractivity contribution in [3.05, 3.63) is 23.8 Å². The highest BCUT2D eigenvalue weighted by Crippen LogP contribution is 2.21. The van der Waals surface area contributed by atoms with Crippen molar-refractivity contribution in [2.75, 3.05) is 24.1 Å². The lowest BCUT2D eigenvalue weighted by Gasteiger charge is -2.11. The highest BCUT2D eigenvalue weighted by atomic mass is 16.1. The molecule has 15 heavy (non-hydrogen) atoms. The van der Waals surface area contributed by atoms with Crippen molar-refractivity contribution in [2.45, 2.75) is 13.8 Å². The van der Waals surface area contributed by atoms with Gasteiger partial charge in [-0.25, -0.2) is 0 Å². The van der Waals surface area contributed by atoms with Crippen LogP contribution in [0.25, 0.3) is 0 Å². The third kappa shape index (κ3) is 3.16. The molecule has 0 aliphatic rings. The van der Waals surface area contributed by atoms with Gasteiger partial charge in [0, 0.05) is 6.54 Å². The Morgan fingerprint density at radius 3 is 2.80 bits per heavy atom. The molecule has 1 rings (SSSR count). The normalized spacial score (nSPS) is 9.73. The van der Waals surface area contributed by atoms with Crippen molar-refractivity contribution >= 4 is 17.3 Å². The standard InChI is InChI=1S/C11H17N3O/c1-3-13-10(15)7-14-11-8(2)5-4-6-9(11)12/h4-6,14H,3,7,12H2,1-2H3,(H,13,15). The summed E-state index contributed by atoms with van der Waals surface area (Å²) in [5.74, 6) is -0.0276. The SMILES string of the molecule is CCNC(=O)CNc1c(C)cccc1N. The number of amides is 1. The molecule has 0 radical (unpaired) electrons. The van der Waals surface area contributed by atoms with Crippen molar-refractivity contribution in [1.29, 1.82) is 0 Å². The van der Waals surface area contributed by atoms with Gasteiger partial charge in [-0.05, 0) is 25.5 Å². The number of hydrogen-bond acceptors (Lipinski definition) is 3. The fourth-order valence-corrected chi connectivity index (χ4v) is 1.36. The van der Waals surface area contributed by atoms with Crippen LogP contribution in [0.15, 0.2) is 18.2 Å². The number of likely N-dealkylation sites (N-methyl/N-ethyl adjacent to an activating group) is 1. The van der Waals surface area contributed by atoms with Crippen LogP contribution in [0.4, 0.5) is 11.4 Å². The molecule has 0 saturated heterocycles. The Balaban J connectivity index is 2.61. The highest BCUT2D eigenvalue weighted by molar-refractivity contribution is 5.82. The van der Waals surface area contributed by atoms with Crippen molar-refractivity contribution in [1.82, 2.24) is 5.32 Å². The first-order valence-corrected chi connectivity index (χ1v) is 5.00. The molecule has 1 aromatic carbocycles. The molecule has 0 aromatic heterocycles. The number of anilines is 2. The van der Waals surface area contributed by atoms with E-state index in [0.717, 1.165) is 11.3 Å². The molecule has 1 amide bonds. The average molecular weight is 207 g/mol. The van der Waals surface area contributed by atoms with Crippen LogP contribution in [0.2, 0.25) is 0 Å². The first-order valence-electron chi connectivity index (χ1n) is 5.00. The quantitative estimate of drug-likeness (QED) is 0.648. The molecule has 4 nitrogen and oxygen atoms in total. The van der Waals surface area contributed by atoms with Gasteiger partial charge in [-0.3, -0.25) is 4.79 Å². The molecule has 4 N–H and O–H groups in total. The van der Waals surface area contributed by atoms with E-state index in [0.29, 0.717) is 12.2 Å². The van der Waals surface area contributed by atoms with Gasteiger partial charge in [0.15, 0.2) is 0 Å². The molecule has 0 aliphatic carbocycles. The van der Waals surface area contributed by atoms with E-state index in [1.165, 1.54) is 0 Å². The topological polar surface area (TPSA) is 67.2 Å². The van der Waals surface area contributed by atoms with Gasteiger partial charge in [-0.15, -0.1) is 0 Å². The first kappa shape index (κ1) is 11.4. The number of benzene rings is 1. The summed E-state index contributed by atoms with van der Waals surface area (Å²) in [6.07, 6.45) is 0. The zero-order valence-corrected chi connectivity index (χ0v) is 9.13. The van der Waals surface area contributed by atoms with Crippen LogP contribution in [0.5, 0.6) is 0 Å². The van der Waals surface area contributed by atoms with E-state index >= 15 is 0 Å². The predicted molar refractivity (Wildman–Crippen MR) is 62.8 cm³/mol. The minimum atomic E-state index is -0.0276. The molecular formula is C11H17N3O. The molecular weight excluding hydrogens is 190 g/mol. The van der Waals surface area contributed by atoms with E-state index in [4.69, 9.17) is 5.73 Å². The number of rotatable bonds is 4. The Hall–Kier alpha value is -1.71. The Morgan fingerprint density at radius 2 is 2.20 bits per heavy atom. The largest absolute Gasteiger partial charge is 0.397 e. The zero-order chi connectivity index (χ0) is 11.3. The average Bonchev–Trinajstić information content (AvgIpc) is 2.17. The Kier molecular flexibility index (Phi) is 3.97. The van der Waals surface area contributed by atoms with E-state index in [9.17, 15) is 4.79 Å². The summed E-state index contributed by atoms with van der Waals surface area (Å²) in [5, 5.41) is 5.74. The number of carbonyl (C=O) groups is 1. The fourth-order valence-electron chi connectivity index (χ4n) is 1.36. The highest BCUT2D eigenvalue weighted by Gasteiger charge is 2.04. The molecule has 4 heteroatoms. The van der Waals surface area contributed by atoms with E-state index in [1.807, 2.05) is 32.0 Å². The third-order valence-electron chi connectivity index (χ3n) is 2.10. The van der Waals surface area contributed by atoms with Crippen LogP contribution in [0.1, 0.15) is 12.5 Å². The number of nitrogens with two attached hydrogens (primary N) is 1. The lowest BCUT2D eigenvalue weighted by Crippen LogP contribution is -2.29. The Morgan fingerprint density at radius 1 is 1.47 bits per heavy atom. The van der Waals surface area contributed by atoms with Gasteiger partial charge in [-0.2, -0.15) is 0 Å². The molecule has 0 spiro atoms. The number of aryl methyl sites for hydroxylation is 1. The van der Waals surface area contributed by atoms with E-state index in [1.54, 1.807) is 0 Å². The maximum Gasteiger partial charge on any atom is 0.239 e. The second-order valence-corrected chi connectivity index (χ2v) is 3.35. The molecule has 82 valence electrons. The maximum absolute atomic E-state index is 11.2. The molecule has 0 aliphatic heterocycles. The number of nitrogen functional groups attached to an aromatic ring is 1. The smallest absolute Gasteiger partial charge is 0.239 e. The molecule has 0 atom stereocenters. The summed E-state index contributed by atoms with van der Waals surface area (Å²) >= 11 is 0. The zero-order valence-electron chi connectivity index (χ0n) is 9.13. The van der Waals surface area contributed by atoms with Gasteiger partial charge in [-0.1, -0.05) is 12.1 Å². The number of carbonyl (C=O) groups excluding carboxylic acids is 1. The van der Waals surface area contributed by atoms with Gasteiger partial charge in [0.25, 0.3) is 0 Å². The van der Waals surface area contributed by atoms with Crippen molar-refractivity contribution in [3.63, 3.8) is 0 Å². The summed E-state index contributed by atoms with van der Waals surface area (Å²) < 4.78 is 0.